The quantitative estimate of drug-likeness (QED) is 0.444. The Kier molecular flexibility index (Phi) is 6.59. The number of nitrogens with one attached hydrogen (secondary N) is 1. The van der Waals surface area contributed by atoms with Gasteiger partial charge in [-0.15, -0.1) is 0 Å². The van der Waals surface area contributed by atoms with E-state index in [4.69, 9.17) is 10.5 Å². The fourth-order valence-corrected chi connectivity index (χ4v) is 3.63. The molecule has 0 atom stereocenters. The number of nitrogens with two attached hydrogens (primary N) is 1. The molecule has 0 saturated carbocycles. The zero-order chi connectivity index (χ0) is 24.1. The number of hydrogen-bond acceptors (Lipinski definition) is 5. The van der Waals surface area contributed by atoms with Crippen molar-refractivity contribution in [3.8, 4) is 16.9 Å². The van der Waals surface area contributed by atoms with Gasteiger partial charge in [-0.2, -0.15) is 0 Å². The lowest BCUT2D eigenvalue weighted by Gasteiger charge is -2.21. The molecule has 3 N–H and O–H groups in total. The van der Waals surface area contributed by atoms with Crippen molar-refractivity contribution in [3.05, 3.63) is 111 Å². The van der Waals surface area contributed by atoms with Gasteiger partial charge in [-0.05, 0) is 17.2 Å². The zero-order valence-corrected chi connectivity index (χ0v) is 18.6. The molecule has 8 nitrogen and oxygen atoms in total. The highest BCUT2D eigenvalue weighted by Gasteiger charge is 2.22. The molecule has 4 aromatic rings. The molecule has 8 heteroatoms. The molecule has 0 fully saturated rings. The molecular formula is C26H24N4O4. The summed E-state index contributed by atoms with van der Waals surface area (Å²) in [6.45, 7) is -0.171. The molecule has 172 valence electrons. The molecule has 3 aromatic carbocycles. The molecule has 0 spiro atoms. The lowest BCUT2D eigenvalue weighted by molar-refractivity contribution is -0.120. The number of rotatable bonds is 7. The van der Waals surface area contributed by atoms with Gasteiger partial charge in [0.15, 0.2) is 12.3 Å². The number of amides is 1. The van der Waals surface area contributed by atoms with Crippen molar-refractivity contribution in [2.75, 3.05) is 24.3 Å². The van der Waals surface area contributed by atoms with E-state index in [0.717, 1.165) is 21.6 Å². The van der Waals surface area contributed by atoms with Crippen LogP contribution in [0.15, 0.2) is 94.5 Å². The molecule has 0 saturated heterocycles. The Morgan fingerprint density at radius 1 is 0.941 bits per heavy atom. The largest absolute Gasteiger partial charge is 0.483 e. The van der Waals surface area contributed by atoms with Crippen molar-refractivity contribution < 1.29 is 9.53 Å². The molecule has 0 aliphatic heterocycles. The Balaban J connectivity index is 1.57. The number of aromatic amines is 1. The molecule has 0 radical (unpaired) electrons. The minimum absolute atomic E-state index is 0.0989. The Morgan fingerprint density at radius 3 is 2.26 bits per heavy atom. The monoisotopic (exact) mass is 456 g/mol. The molecule has 1 aromatic heterocycles. The van der Waals surface area contributed by atoms with Crippen LogP contribution in [-0.4, -0.2) is 29.1 Å². The van der Waals surface area contributed by atoms with E-state index in [0.29, 0.717) is 5.75 Å². The maximum Gasteiger partial charge on any atom is 0.330 e. The van der Waals surface area contributed by atoms with Crippen molar-refractivity contribution in [3.63, 3.8) is 0 Å². The van der Waals surface area contributed by atoms with Gasteiger partial charge in [0.05, 0.1) is 6.54 Å². The fourth-order valence-electron chi connectivity index (χ4n) is 3.63. The third-order valence-electron chi connectivity index (χ3n) is 5.43. The van der Waals surface area contributed by atoms with Crippen LogP contribution in [0.2, 0.25) is 0 Å². The summed E-state index contributed by atoms with van der Waals surface area (Å²) in [6, 6.07) is 26.3. The van der Waals surface area contributed by atoms with E-state index in [-0.39, 0.29) is 24.7 Å². The summed E-state index contributed by atoms with van der Waals surface area (Å²) in [4.78, 5) is 41.2. The minimum atomic E-state index is -0.743. The van der Waals surface area contributed by atoms with Crippen molar-refractivity contribution >= 4 is 17.4 Å². The van der Waals surface area contributed by atoms with Crippen LogP contribution in [0, 0.1) is 0 Å². The highest BCUT2D eigenvalue weighted by molar-refractivity contribution is 5.96. The Morgan fingerprint density at radius 2 is 1.56 bits per heavy atom. The summed E-state index contributed by atoms with van der Waals surface area (Å²) >= 11 is 0. The molecule has 0 aliphatic carbocycles. The van der Waals surface area contributed by atoms with E-state index in [1.165, 1.54) is 11.6 Å². The second kappa shape index (κ2) is 9.91. The highest BCUT2D eigenvalue weighted by Crippen LogP contribution is 2.29. The number of nitrogen functional groups attached to an aromatic ring is 1. The summed E-state index contributed by atoms with van der Waals surface area (Å²) in [5, 5.41) is 0. The second-order valence-electron chi connectivity index (χ2n) is 7.67. The number of ether oxygens (including phenoxy) is 1. The number of likely N-dealkylation sites (N-methyl/N-ethyl adjacent to an activating group) is 1. The van der Waals surface area contributed by atoms with Crippen molar-refractivity contribution in [1.29, 1.82) is 0 Å². The van der Waals surface area contributed by atoms with Crippen LogP contribution in [0.4, 0.5) is 11.5 Å². The average Bonchev–Trinajstić information content (AvgIpc) is 2.86. The third kappa shape index (κ3) is 4.75. The molecular weight excluding hydrogens is 432 g/mol. The summed E-state index contributed by atoms with van der Waals surface area (Å²) in [5.41, 5.74) is 7.30. The van der Waals surface area contributed by atoms with Crippen LogP contribution in [0.25, 0.3) is 11.1 Å². The van der Waals surface area contributed by atoms with E-state index in [9.17, 15) is 14.4 Å². The Bertz CT molecular complexity index is 1410. The first-order valence-corrected chi connectivity index (χ1v) is 10.7. The summed E-state index contributed by atoms with van der Waals surface area (Å²) < 4.78 is 7.04. The SMILES string of the molecule is CN(C(=O)COc1ccccc1-c1ccccc1)c1c(N)n(Cc2ccccc2)c(=O)[nH]c1=O. The predicted molar refractivity (Wildman–Crippen MR) is 132 cm³/mol. The van der Waals surface area contributed by atoms with Gasteiger partial charge in [0, 0.05) is 12.6 Å². The number of carbonyl (C=O) groups excluding carboxylic acids is 1. The first-order valence-electron chi connectivity index (χ1n) is 10.7. The van der Waals surface area contributed by atoms with E-state index >= 15 is 0 Å². The normalized spacial score (nSPS) is 10.6. The number of nitrogens with zero attached hydrogens (tertiary/aromatic N) is 2. The van der Waals surface area contributed by atoms with Crippen LogP contribution in [-0.2, 0) is 11.3 Å². The maximum absolute atomic E-state index is 12.9. The summed E-state index contributed by atoms with van der Waals surface area (Å²) in [7, 11) is 1.42. The molecule has 0 aliphatic rings. The van der Waals surface area contributed by atoms with Gasteiger partial charge in [0.25, 0.3) is 11.5 Å². The van der Waals surface area contributed by atoms with Gasteiger partial charge in [-0.1, -0.05) is 78.9 Å². The van der Waals surface area contributed by atoms with Crippen LogP contribution < -0.4 is 26.6 Å². The standard InChI is InChI=1S/C26H24N4O4/c1-29(22(31)17-34-21-15-9-8-14-20(21)19-12-6-3-7-13-19)23-24(27)30(26(33)28-25(23)32)16-18-10-4-2-5-11-18/h2-15H,16-17,27H2,1H3,(H,28,32,33). The van der Waals surface area contributed by atoms with Gasteiger partial charge in [-0.25, -0.2) is 4.79 Å². The Labute approximate surface area is 195 Å². The first-order chi connectivity index (χ1) is 16.5. The van der Waals surface area contributed by atoms with E-state index in [2.05, 4.69) is 4.98 Å². The summed E-state index contributed by atoms with van der Waals surface area (Å²) in [6.07, 6.45) is 0. The van der Waals surface area contributed by atoms with Crippen molar-refractivity contribution in [1.82, 2.24) is 9.55 Å². The van der Waals surface area contributed by atoms with Gasteiger partial charge >= 0.3 is 5.69 Å². The number of benzene rings is 3. The molecule has 0 bridgehead atoms. The molecule has 1 amide bonds. The number of carbonyl (C=O) groups is 1. The average molecular weight is 457 g/mol. The van der Waals surface area contributed by atoms with Gasteiger partial charge in [0.2, 0.25) is 0 Å². The molecule has 34 heavy (non-hydrogen) atoms. The van der Waals surface area contributed by atoms with Crippen LogP contribution >= 0.6 is 0 Å². The van der Waals surface area contributed by atoms with E-state index in [1.54, 1.807) is 6.07 Å². The highest BCUT2D eigenvalue weighted by atomic mass is 16.5. The predicted octanol–water partition coefficient (Wildman–Crippen LogP) is 2.88. The van der Waals surface area contributed by atoms with Gasteiger partial charge in [0.1, 0.15) is 11.6 Å². The number of para-hydroxylation sites is 1. The zero-order valence-electron chi connectivity index (χ0n) is 18.6. The van der Waals surface area contributed by atoms with Crippen LogP contribution in [0.1, 0.15) is 5.56 Å². The van der Waals surface area contributed by atoms with Crippen LogP contribution in [0.5, 0.6) is 5.75 Å². The first kappa shape index (κ1) is 22.6. The number of aromatic nitrogens is 2. The summed E-state index contributed by atoms with van der Waals surface area (Å²) in [5.74, 6) is -0.0607. The third-order valence-corrected chi connectivity index (χ3v) is 5.43. The lowest BCUT2D eigenvalue weighted by Crippen LogP contribution is -2.41. The topological polar surface area (TPSA) is 110 Å². The van der Waals surface area contributed by atoms with Crippen molar-refractivity contribution in [2.24, 2.45) is 0 Å². The molecule has 4 rings (SSSR count). The minimum Gasteiger partial charge on any atom is -0.483 e. The van der Waals surface area contributed by atoms with E-state index in [1.807, 2.05) is 78.9 Å². The maximum atomic E-state index is 12.9. The Hall–Kier alpha value is -4.59. The van der Waals surface area contributed by atoms with Crippen LogP contribution in [0.3, 0.4) is 0 Å². The lowest BCUT2D eigenvalue weighted by atomic mass is 10.1. The molecule has 0 unspecified atom stereocenters. The molecule has 1 heterocycles. The van der Waals surface area contributed by atoms with Gasteiger partial charge in [-0.3, -0.25) is 19.1 Å². The smallest absolute Gasteiger partial charge is 0.330 e. The number of H-pyrrole nitrogens is 1. The van der Waals surface area contributed by atoms with E-state index < -0.39 is 17.2 Å². The second-order valence-corrected chi connectivity index (χ2v) is 7.67. The number of anilines is 2. The number of hydrogen-bond donors (Lipinski definition) is 2. The van der Waals surface area contributed by atoms with Crippen molar-refractivity contribution in [2.45, 2.75) is 6.54 Å². The van der Waals surface area contributed by atoms with Gasteiger partial charge < -0.3 is 15.4 Å². The fraction of sp³-hybridized carbons (Fsp3) is 0.115.